The zero-order valence-electron chi connectivity index (χ0n) is 12.2. The molecule has 1 fully saturated rings. The molecule has 1 heterocycles. The van der Waals surface area contributed by atoms with Gasteiger partial charge in [-0.25, -0.2) is 9.97 Å². The second-order valence-electron chi connectivity index (χ2n) is 6.38. The molecular weight excluding hydrogens is 248 g/mol. The van der Waals surface area contributed by atoms with Crippen molar-refractivity contribution in [2.75, 3.05) is 11.1 Å². The van der Waals surface area contributed by atoms with Gasteiger partial charge in [-0.2, -0.15) is 0 Å². The molecule has 0 aliphatic heterocycles. The van der Waals surface area contributed by atoms with Gasteiger partial charge in [-0.3, -0.25) is 0 Å². The Morgan fingerprint density at radius 3 is 2.55 bits per heavy atom. The fraction of sp³-hybridized carbons (Fsp3) is 0.500. The van der Waals surface area contributed by atoms with Crippen LogP contribution in [0.2, 0.25) is 0 Å². The highest BCUT2D eigenvalue weighted by Gasteiger charge is 2.32. The Kier molecular flexibility index (Phi) is 3.24. The Balaban J connectivity index is 1.92. The lowest BCUT2D eigenvalue weighted by atomic mass is 9.73. The first-order chi connectivity index (χ1) is 9.56. The fourth-order valence-corrected chi connectivity index (χ4v) is 3.05. The summed E-state index contributed by atoms with van der Waals surface area (Å²) in [6.07, 6.45) is 4.98. The third kappa shape index (κ3) is 2.42. The number of benzene rings is 1. The number of nitrogens with zero attached hydrogens (tertiary/aromatic N) is 2. The van der Waals surface area contributed by atoms with Gasteiger partial charge in [-0.1, -0.05) is 38.8 Å². The Labute approximate surface area is 119 Å². The molecule has 1 unspecified atom stereocenters. The summed E-state index contributed by atoms with van der Waals surface area (Å²) in [4.78, 5) is 9.08. The maximum atomic E-state index is 6.06. The number of para-hydroxylation sites is 2. The van der Waals surface area contributed by atoms with Crippen molar-refractivity contribution in [3.63, 3.8) is 0 Å². The highest BCUT2D eigenvalue weighted by Crippen LogP contribution is 2.37. The van der Waals surface area contributed by atoms with Crippen LogP contribution in [0.1, 0.15) is 39.5 Å². The summed E-state index contributed by atoms with van der Waals surface area (Å²) >= 11 is 0. The van der Waals surface area contributed by atoms with Crippen molar-refractivity contribution in [1.82, 2.24) is 9.97 Å². The fourth-order valence-electron chi connectivity index (χ4n) is 3.05. The lowest BCUT2D eigenvalue weighted by Gasteiger charge is -2.39. The molecule has 20 heavy (non-hydrogen) atoms. The van der Waals surface area contributed by atoms with Gasteiger partial charge in [0.1, 0.15) is 0 Å². The van der Waals surface area contributed by atoms with E-state index in [0.717, 1.165) is 16.9 Å². The summed E-state index contributed by atoms with van der Waals surface area (Å²) in [5.74, 6) is 1.22. The van der Waals surface area contributed by atoms with Gasteiger partial charge in [0.25, 0.3) is 0 Å². The highest BCUT2D eigenvalue weighted by molar-refractivity contribution is 5.79. The van der Waals surface area contributed by atoms with Crippen LogP contribution in [0.4, 0.5) is 11.6 Å². The molecule has 0 bridgehead atoms. The van der Waals surface area contributed by atoms with Gasteiger partial charge < -0.3 is 11.1 Å². The molecule has 4 heteroatoms. The van der Waals surface area contributed by atoms with Crippen LogP contribution in [0.15, 0.2) is 24.3 Å². The number of rotatable bonds is 2. The van der Waals surface area contributed by atoms with E-state index in [-0.39, 0.29) is 5.41 Å². The number of hydrogen-bond acceptors (Lipinski definition) is 4. The number of nitrogens with two attached hydrogens (primary N) is 1. The first kappa shape index (κ1) is 13.2. The quantitative estimate of drug-likeness (QED) is 0.875. The van der Waals surface area contributed by atoms with Gasteiger partial charge in [-0.05, 0) is 30.4 Å². The van der Waals surface area contributed by atoms with E-state index in [2.05, 4.69) is 29.1 Å². The molecule has 1 saturated carbocycles. The summed E-state index contributed by atoms with van der Waals surface area (Å²) < 4.78 is 0. The molecule has 3 rings (SSSR count). The predicted molar refractivity (Wildman–Crippen MR) is 83.6 cm³/mol. The number of nitrogen functional groups attached to an aromatic ring is 1. The van der Waals surface area contributed by atoms with Crippen LogP contribution < -0.4 is 11.1 Å². The first-order valence-electron chi connectivity index (χ1n) is 7.35. The monoisotopic (exact) mass is 270 g/mol. The summed E-state index contributed by atoms with van der Waals surface area (Å²) in [6, 6.07) is 8.25. The van der Waals surface area contributed by atoms with Gasteiger partial charge in [0, 0.05) is 6.04 Å². The molecule has 1 aliphatic rings. The van der Waals surface area contributed by atoms with Gasteiger partial charge in [-0.15, -0.1) is 0 Å². The van der Waals surface area contributed by atoms with Gasteiger partial charge in [0.05, 0.1) is 11.0 Å². The standard InChI is InChI=1S/C16H22N4/c1-16(2)10-6-5-9-13(16)20-15-14(17)18-11-7-3-4-8-12(11)19-15/h3-4,7-8,13H,5-6,9-10H2,1-2H3,(H2,17,18)(H,19,20). The molecule has 0 radical (unpaired) electrons. The Morgan fingerprint density at radius 1 is 1.15 bits per heavy atom. The molecule has 1 aliphatic carbocycles. The molecule has 0 spiro atoms. The second-order valence-corrected chi connectivity index (χ2v) is 6.38. The SMILES string of the molecule is CC1(C)CCCCC1Nc1nc2ccccc2nc1N. The van der Waals surface area contributed by atoms with Crippen LogP contribution in [0, 0.1) is 5.41 Å². The van der Waals surface area contributed by atoms with Crippen molar-refractivity contribution >= 4 is 22.7 Å². The van der Waals surface area contributed by atoms with Crippen LogP contribution in [-0.2, 0) is 0 Å². The molecular formula is C16H22N4. The smallest absolute Gasteiger partial charge is 0.169 e. The van der Waals surface area contributed by atoms with Crippen LogP contribution in [0.25, 0.3) is 11.0 Å². The molecule has 4 nitrogen and oxygen atoms in total. The highest BCUT2D eigenvalue weighted by atomic mass is 15.1. The third-order valence-corrected chi connectivity index (χ3v) is 4.42. The number of anilines is 2. The van der Waals surface area contributed by atoms with E-state index in [9.17, 15) is 0 Å². The molecule has 0 saturated heterocycles. The van der Waals surface area contributed by atoms with Crippen LogP contribution in [0.3, 0.4) is 0 Å². The molecule has 3 N–H and O–H groups in total. The Bertz CT molecular complexity index is 621. The minimum absolute atomic E-state index is 0.276. The summed E-state index contributed by atoms with van der Waals surface area (Å²) in [7, 11) is 0. The van der Waals surface area contributed by atoms with E-state index in [4.69, 9.17) is 5.73 Å². The maximum absolute atomic E-state index is 6.06. The van der Waals surface area contributed by atoms with E-state index in [1.807, 2.05) is 24.3 Å². The van der Waals surface area contributed by atoms with Crippen molar-refractivity contribution in [1.29, 1.82) is 0 Å². The summed E-state index contributed by atoms with van der Waals surface area (Å²) in [5, 5.41) is 3.53. The van der Waals surface area contributed by atoms with Gasteiger partial charge >= 0.3 is 0 Å². The third-order valence-electron chi connectivity index (χ3n) is 4.42. The van der Waals surface area contributed by atoms with E-state index >= 15 is 0 Å². The molecule has 1 aromatic carbocycles. The normalized spacial score (nSPS) is 21.8. The second kappa shape index (κ2) is 4.93. The van der Waals surface area contributed by atoms with Crippen LogP contribution in [0.5, 0.6) is 0 Å². The van der Waals surface area contributed by atoms with Gasteiger partial charge in [0.2, 0.25) is 0 Å². The van der Waals surface area contributed by atoms with Crippen molar-refractivity contribution in [3.8, 4) is 0 Å². The van der Waals surface area contributed by atoms with E-state index in [1.54, 1.807) is 0 Å². The molecule has 1 aromatic heterocycles. The van der Waals surface area contributed by atoms with E-state index in [0.29, 0.717) is 11.9 Å². The lowest BCUT2D eigenvalue weighted by molar-refractivity contribution is 0.217. The van der Waals surface area contributed by atoms with Gasteiger partial charge in [0.15, 0.2) is 11.6 Å². The molecule has 2 aromatic rings. The minimum Gasteiger partial charge on any atom is -0.381 e. The van der Waals surface area contributed by atoms with Crippen molar-refractivity contribution < 1.29 is 0 Å². The maximum Gasteiger partial charge on any atom is 0.169 e. The number of fused-ring (bicyclic) bond motifs is 1. The zero-order chi connectivity index (χ0) is 14.2. The average Bonchev–Trinajstić information content (AvgIpc) is 2.41. The van der Waals surface area contributed by atoms with Crippen molar-refractivity contribution in [2.24, 2.45) is 5.41 Å². The zero-order valence-corrected chi connectivity index (χ0v) is 12.2. The first-order valence-corrected chi connectivity index (χ1v) is 7.35. The topological polar surface area (TPSA) is 63.8 Å². The lowest BCUT2D eigenvalue weighted by Crippen LogP contribution is -2.39. The minimum atomic E-state index is 0.276. The predicted octanol–water partition coefficient (Wildman–Crippen LogP) is 3.59. The van der Waals surface area contributed by atoms with Crippen molar-refractivity contribution in [2.45, 2.75) is 45.6 Å². The molecule has 0 amide bonds. The average molecular weight is 270 g/mol. The number of aromatic nitrogens is 2. The largest absolute Gasteiger partial charge is 0.381 e. The summed E-state index contributed by atoms with van der Waals surface area (Å²) in [5.41, 5.74) is 8.06. The molecule has 1 atom stereocenters. The Morgan fingerprint density at radius 2 is 1.85 bits per heavy atom. The van der Waals surface area contributed by atoms with Crippen molar-refractivity contribution in [3.05, 3.63) is 24.3 Å². The van der Waals surface area contributed by atoms with Crippen LogP contribution >= 0.6 is 0 Å². The Hall–Kier alpha value is -1.84. The van der Waals surface area contributed by atoms with Crippen LogP contribution in [-0.4, -0.2) is 16.0 Å². The summed E-state index contributed by atoms with van der Waals surface area (Å²) in [6.45, 7) is 4.63. The number of nitrogens with one attached hydrogen (secondary N) is 1. The van der Waals surface area contributed by atoms with E-state index in [1.165, 1.54) is 25.7 Å². The van der Waals surface area contributed by atoms with E-state index < -0.39 is 0 Å². The molecule has 106 valence electrons. The number of hydrogen-bond donors (Lipinski definition) is 2.